The van der Waals surface area contributed by atoms with Crippen LogP contribution < -0.4 is 14.8 Å². The second-order valence-corrected chi connectivity index (χ2v) is 9.14. The molecule has 4 rings (SSSR count). The van der Waals surface area contributed by atoms with E-state index in [0.29, 0.717) is 24.9 Å². The van der Waals surface area contributed by atoms with Gasteiger partial charge in [-0.15, -0.1) is 10.2 Å². The first kappa shape index (κ1) is 21.0. The molecule has 0 spiro atoms. The average molecular weight is 431 g/mol. The highest BCUT2D eigenvalue weighted by Crippen LogP contribution is 2.40. The predicted octanol–water partition coefficient (Wildman–Crippen LogP) is 3.94. The summed E-state index contributed by atoms with van der Waals surface area (Å²) >= 11 is 1.45. The Morgan fingerprint density at radius 2 is 2.00 bits per heavy atom. The number of carbonyl (C=O) groups excluding carboxylic acids is 1. The zero-order chi connectivity index (χ0) is 21.1. The van der Waals surface area contributed by atoms with E-state index in [2.05, 4.69) is 40.9 Å². The van der Waals surface area contributed by atoms with Gasteiger partial charge in [0, 0.05) is 18.9 Å². The number of hydrogen-bond donors (Lipinski definition) is 1. The Labute approximate surface area is 181 Å². The smallest absolute Gasteiger partial charge is 0.230 e. The molecule has 0 saturated heterocycles. The Morgan fingerprint density at radius 1 is 1.23 bits per heavy atom. The first-order valence-corrected chi connectivity index (χ1v) is 11.8. The second-order valence-electron chi connectivity index (χ2n) is 8.19. The molecule has 0 radical (unpaired) electrons. The molecule has 2 aliphatic rings. The molecule has 1 aromatic carbocycles. The number of amides is 1. The van der Waals surface area contributed by atoms with Gasteiger partial charge in [-0.1, -0.05) is 31.7 Å². The number of fused-ring (bicyclic) bond motifs is 1. The van der Waals surface area contributed by atoms with Crippen LogP contribution in [0.25, 0.3) is 0 Å². The molecule has 1 atom stereocenters. The van der Waals surface area contributed by atoms with Crippen LogP contribution >= 0.6 is 11.8 Å². The van der Waals surface area contributed by atoms with Crippen LogP contribution in [0.15, 0.2) is 23.4 Å². The van der Waals surface area contributed by atoms with Crippen LogP contribution in [0.5, 0.6) is 11.5 Å². The van der Waals surface area contributed by atoms with Crippen LogP contribution in [-0.2, 0) is 11.3 Å². The summed E-state index contributed by atoms with van der Waals surface area (Å²) in [4.78, 5) is 12.8. The number of hydrogen-bond acceptors (Lipinski definition) is 6. The Bertz CT molecular complexity index is 895. The van der Waals surface area contributed by atoms with Crippen molar-refractivity contribution < 1.29 is 14.3 Å². The monoisotopic (exact) mass is 430 g/mol. The topological polar surface area (TPSA) is 78.3 Å². The maximum atomic E-state index is 12.8. The van der Waals surface area contributed by atoms with Crippen molar-refractivity contribution in [2.45, 2.75) is 63.7 Å². The lowest BCUT2D eigenvalue weighted by atomic mass is 9.95. The molecule has 1 amide bonds. The van der Waals surface area contributed by atoms with Gasteiger partial charge in [0.05, 0.1) is 25.0 Å². The fraction of sp³-hybridized carbons (Fsp3) is 0.591. The fourth-order valence-electron chi connectivity index (χ4n) is 3.70. The van der Waals surface area contributed by atoms with Crippen LogP contribution in [0.4, 0.5) is 0 Å². The van der Waals surface area contributed by atoms with Gasteiger partial charge < -0.3 is 19.4 Å². The van der Waals surface area contributed by atoms with Gasteiger partial charge in [-0.2, -0.15) is 0 Å². The molecule has 2 heterocycles. The van der Waals surface area contributed by atoms with E-state index in [1.54, 1.807) is 0 Å². The number of thioether (sulfide) groups is 1. The van der Waals surface area contributed by atoms with Crippen molar-refractivity contribution >= 4 is 17.7 Å². The minimum Gasteiger partial charge on any atom is -0.490 e. The normalized spacial score (nSPS) is 16.9. The van der Waals surface area contributed by atoms with E-state index in [1.807, 2.05) is 18.2 Å². The van der Waals surface area contributed by atoms with Crippen LogP contribution in [0, 0.1) is 5.92 Å². The Kier molecular flexibility index (Phi) is 6.51. The fourth-order valence-corrected chi connectivity index (χ4v) is 4.52. The minimum atomic E-state index is -0.0960. The number of nitrogens with zero attached hydrogens (tertiary/aromatic N) is 3. The van der Waals surface area contributed by atoms with Gasteiger partial charge in [0.1, 0.15) is 5.82 Å². The molecule has 1 fully saturated rings. The Balaban J connectivity index is 1.41. The summed E-state index contributed by atoms with van der Waals surface area (Å²) in [6, 6.07) is 5.85. The summed E-state index contributed by atoms with van der Waals surface area (Å²) in [6.07, 6.45) is 3.25. The SMILES string of the molecule is CCn1c(SCC(=O)N[C@H](c2ccc3c(c2)OCCCO3)C(C)C)nnc1C1CC1. The number of aromatic nitrogens is 3. The van der Waals surface area contributed by atoms with Crippen molar-refractivity contribution in [3.8, 4) is 11.5 Å². The minimum absolute atomic E-state index is 0.00978. The van der Waals surface area contributed by atoms with E-state index >= 15 is 0 Å². The molecule has 0 unspecified atom stereocenters. The van der Waals surface area contributed by atoms with Crippen molar-refractivity contribution in [2.75, 3.05) is 19.0 Å². The molecular weight excluding hydrogens is 400 g/mol. The van der Waals surface area contributed by atoms with E-state index in [1.165, 1.54) is 24.6 Å². The lowest BCUT2D eigenvalue weighted by Gasteiger charge is -2.24. The van der Waals surface area contributed by atoms with Crippen molar-refractivity contribution in [3.63, 3.8) is 0 Å². The Morgan fingerprint density at radius 3 is 2.70 bits per heavy atom. The Hall–Kier alpha value is -2.22. The highest BCUT2D eigenvalue weighted by molar-refractivity contribution is 7.99. The standard InChI is InChI=1S/C22H30N4O3S/c1-4-26-21(15-6-7-15)24-25-22(26)30-13-19(27)23-20(14(2)3)16-8-9-17-18(12-16)29-11-5-10-28-17/h8-9,12,14-15,20H,4-7,10-11,13H2,1-3H3,(H,23,27)/t20-/m0/s1. The molecule has 8 heteroatoms. The van der Waals surface area contributed by atoms with Gasteiger partial charge in [0.25, 0.3) is 0 Å². The molecular formula is C22H30N4O3S. The number of rotatable bonds is 8. The maximum Gasteiger partial charge on any atom is 0.230 e. The van der Waals surface area contributed by atoms with E-state index in [0.717, 1.165) is 41.0 Å². The molecule has 7 nitrogen and oxygen atoms in total. The predicted molar refractivity (Wildman–Crippen MR) is 116 cm³/mol. The van der Waals surface area contributed by atoms with Gasteiger partial charge >= 0.3 is 0 Å². The summed E-state index contributed by atoms with van der Waals surface area (Å²) in [5.74, 6) is 3.68. The molecule has 1 saturated carbocycles. The molecule has 2 aromatic rings. The van der Waals surface area contributed by atoms with Gasteiger partial charge in [0.2, 0.25) is 5.91 Å². The van der Waals surface area contributed by atoms with E-state index < -0.39 is 0 Å². The lowest BCUT2D eigenvalue weighted by molar-refractivity contribution is -0.119. The summed E-state index contributed by atoms with van der Waals surface area (Å²) < 4.78 is 13.7. The highest BCUT2D eigenvalue weighted by atomic mass is 32.2. The lowest BCUT2D eigenvalue weighted by Crippen LogP contribution is -2.33. The largest absolute Gasteiger partial charge is 0.490 e. The first-order chi connectivity index (χ1) is 14.6. The third kappa shape index (κ3) is 4.74. The molecule has 1 aliphatic carbocycles. The number of nitrogens with one attached hydrogen (secondary N) is 1. The van der Waals surface area contributed by atoms with Crippen LogP contribution in [0.2, 0.25) is 0 Å². The summed E-state index contributed by atoms with van der Waals surface area (Å²) in [7, 11) is 0. The van der Waals surface area contributed by atoms with Gasteiger partial charge in [0.15, 0.2) is 16.7 Å². The van der Waals surface area contributed by atoms with Gasteiger partial charge in [-0.05, 0) is 43.4 Å². The van der Waals surface area contributed by atoms with Crippen molar-refractivity contribution in [1.29, 1.82) is 0 Å². The number of carbonyl (C=O) groups is 1. The zero-order valence-corrected chi connectivity index (χ0v) is 18.7. The van der Waals surface area contributed by atoms with Crippen molar-refractivity contribution in [2.24, 2.45) is 5.92 Å². The first-order valence-electron chi connectivity index (χ1n) is 10.8. The number of benzene rings is 1. The van der Waals surface area contributed by atoms with Crippen LogP contribution in [0.3, 0.4) is 0 Å². The maximum absolute atomic E-state index is 12.8. The van der Waals surface area contributed by atoms with Gasteiger partial charge in [-0.25, -0.2) is 0 Å². The molecule has 0 bridgehead atoms. The highest BCUT2D eigenvalue weighted by Gasteiger charge is 2.30. The summed E-state index contributed by atoms with van der Waals surface area (Å²) in [5.41, 5.74) is 1.03. The molecule has 1 aliphatic heterocycles. The third-order valence-electron chi connectivity index (χ3n) is 5.45. The van der Waals surface area contributed by atoms with Crippen LogP contribution in [-0.4, -0.2) is 39.6 Å². The van der Waals surface area contributed by atoms with E-state index in [-0.39, 0.29) is 17.9 Å². The van der Waals surface area contributed by atoms with Gasteiger partial charge in [-0.3, -0.25) is 4.79 Å². The van der Waals surface area contributed by atoms with E-state index in [4.69, 9.17) is 9.47 Å². The molecule has 30 heavy (non-hydrogen) atoms. The van der Waals surface area contributed by atoms with Crippen molar-refractivity contribution in [1.82, 2.24) is 20.1 Å². The third-order valence-corrected chi connectivity index (χ3v) is 6.42. The zero-order valence-electron chi connectivity index (χ0n) is 17.9. The average Bonchev–Trinajstić information content (AvgIpc) is 3.53. The summed E-state index contributed by atoms with van der Waals surface area (Å²) in [5, 5.41) is 12.7. The molecule has 162 valence electrons. The van der Waals surface area contributed by atoms with Crippen molar-refractivity contribution in [3.05, 3.63) is 29.6 Å². The quantitative estimate of drug-likeness (QED) is 0.639. The van der Waals surface area contributed by atoms with E-state index in [9.17, 15) is 4.79 Å². The second kappa shape index (κ2) is 9.29. The molecule has 1 N–H and O–H groups in total. The summed E-state index contributed by atoms with van der Waals surface area (Å²) in [6.45, 7) is 8.45. The molecule has 1 aromatic heterocycles. The number of ether oxygens (including phenoxy) is 2. The van der Waals surface area contributed by atoms with Crippen LogP contribution in [0.1, 0.15) is 63.4 Å².